The van der Waals surface area contributed by atoms with Gasteiger partial charge in [0.1, 0.15) is 5.82 Å². The number of imidazole rings is 1. The van der Waals surface area contributed by atoms with Gasteiger partial charge in [-0.15, -0.1) is 11.3 Å². The molecule has 0 amide bonds. The van der Waals surface area contributed by atoms with Gasteiger partial charge in [-0.05, 0) is 94.8 Å². The minimum Gasteiger partial charge on any atom is -0.292 e. The van der Waals surface area contributed by atoms with Crippen molar-refractivity contribution in [3.63, 3.8) is 0 Å². The smallest absolute Gasteiger partial charge is 0.145 e. The van der Waals surface area contributed by atoms with Crippen LogP contribution in [0, 0.1) is 11.3 Å². The van der Waals surface area contributed by atoms with Gasteiger partial charge < -0.3 is 0 Å². The zero-order valence-corrected chi connectivity index (χ0v) is 25.0. The van der Waals surface area contributed by atoms with Crippen molar-refractivity contribution in [2.75, 3.05) is 0 Å². The number of nitriles is 1. The number of hydrogen-bond donors (Lipinski definition) is 0. The molecule has 0 atom stereocenters. The average molecular weight is 562 g/mol. The molecule has 204 valence electrons. The molecule has 0 spiro atoms. The van der Waals surface area contributed by atoms with E-state index in [4.69, 9.17) is 4.98 Å². The Labute approximate surface area is 250 Å². The zero-order chi connectivity index (χ0) is 29.0. The highest BCUT2D eigenvalue weighted by Crippen LogP contribution is 2.42. The predicted octanol–water partition coefficient (Wildman–Crippen LogP) is 10.8. The molecule has 0 fully saturated rings. The van der Waals surface area contributed by atoms with E-state index in [9.17, 15) is 5.26 Å². The SMILES string of the molecule is CC(C)c1cc(-c2ccccc2)cc(C(C)C)c1-n1c(-c2ccc3sc4ccc(C#N)cc4c3c2)nc2ccccc21. The van der Waals surface area contributed by atoms with Gasteiger partial charge in [-0.2, -0.15) is 5.26 Å². The van der Waals surface area contributed by atoms with E-state index in [0.717, 1.165) is 33.2 Å². The predicted molar refractivity (Wildman–Crippen MR) is 178 cm³/mol. The van der Waals surface area contributed by atoms with Crippen LogP contribution in [0.4, 0.5) is 0 Å². The Hall–Kier alpha value is -4.72. The standard InChI is InChI=1S/C38H31N3S/c1-23(2)29-20-28(26-10-6-5-7-11-26)21-30(24(3)4)37(29)41-34-13-9-8-12-33(34)40-38(41)27-15-17-36-32(19-27)31-18-25(22-39)14-16-35(31)42-36/h5-21,23-24H,1-4H3. The Morgan fingerprint density at radius 2 is 1.31 bits per heavy atom. The molecule has 0 bridgehead atoms. The van der Waals surface area contributed by atoms with Gasteiger partial charge in [0.15, 0.2) is 0 Å². The summed E-state index contributed by atoms with van der Waals surface area (Å²) in [6.07, 6.45) is 0. The average Bonchev–Trinajstić information content (AvgIpc) is 3.58. The molecule has 0 N–H and O–H groups in total. The highest BCUT2D eigenvalue weighted by atomic mass is 32.1. The van der Waals surface area contributed by atoms with E-state index in [1.54, 1.807) is 11.3 Å². The summed E-state index contributed by atoms with van der Waals surface area (Å²) in [5, 5.41) is 11.8. The van der Waals surface area contributed by atoms with Crippen LogP contribution >= 0.6 is 11.3 Å². The van der Waals surface area contributed by atoms with Gasteiger partial charge in [-0.1, -0.05) is 70.2 Å². The molecule has 42 heavy (non-hydrogen) atoms. The Bertz CT molecular complexity index is 2130. The van der Waals surface area contributed by atoms with Crippen LogP contribution in [0.2, 0.25) is 0 Å². The monoisotopic (exact) mass is 561 g/mol. The van der Waals surface area contributed by atoms with E-state index >= 15 is 0 Å². The highest BCUT2D eigenvalue weighted by molar-refractivity contribution is 7.25. The van der Waals surface area contributed by atoms with Crippen LogP contribution in [0.15, 0.2) is 103 Å². The van der Waals surface area contributed by atoms with Crippen molar-refractivity contribution in [3.8, 4) is 34.3 Å². The molecule has 5 aromatic carbocycles. The van der Waals surface area contributed by atoms with Crippen molar-refractivity contribution in [3.05, 3.63) is 120 Å². The van der Waals surface area contributed by atoms with Gasteiger partial charge in [0.05, 0.1) is 28.4 Å². The summed E-state index contributed by atoms with van der Waals surface area (Å²) >= 11 is 1.77. The Morgan fingerprint density at radius 3 is 2.00 bits per heavy atom. The first-order valence-corrected chi connectivity index (χ1v) is 15.3. The largest absolute Gasteiger partial charge is 0.292 e. The second-order valence-corrected chi connectivity index (χ2v) is 12.7. The summed E-state index contributed by atoms with van der Waals surface area (Å²) in [5.74, 6) is 1.55. The minimum absolute atomic E-state index is 0.308. The fraction of sp³-hybridized carbons (Fsp3) is 0.158. The number of rotatable bonds is 5. The molecule has 0 saturated carbocycles. The molecule has 2 aromatic heterocycles. The summed E-state index contributed by atoms with van der Waals surface area (Å²) in [5.41, 5.74) is 10.2. The van der Waals surface area contributed by atoms with E-state index in [0.29, 0.717) is 17.4 Å². The molecule has 7 aromatic rings. The van der Waals surface area contributed by atoms with Gasteiger partial charge in [-0.25, -0.2) is 4.98 Å². The van der Waals surface area contributed by atoms with Gasteiger partial charge in [0, 0.05) is 25.7 Å². The molecule has 2 heterocycles. The first-order valence-electron chi connectivity index (χ1n) is 14.5. The molecule has 0 radical (unpaired) electrons. The Morgan fingerprint density at radius 1 is 0.667 bits per heavy atom. The topological polar surface area (TPSA) is 41.6 Å². The van der Waals surface area contributed by atoms with Gasteiger partial charge in [0.25, 0.3) is 0 Å². The Kier molecular flexibility index (Phi) is 6.41. The van der Waals surface area contributed by atoms with Crippen LogP contribution in [0.1, 0.15) is 56.2 Å². The second kappa shape index (κ2) is 10.3. The first-order chi connectivity index (χ1) is 20.4. The third-order valence-corrected chi connectivity index (χ3v) is 9.31. The van der Waals surface area contributed by atoms with Crippen molar-refractivity contribution in [1.82, 2.24) is 9.55 Å². The van der Waals surface area contributed by atoms with Crippen LogP contribution in [0.3, 0.4) is 0 Å². The quantitative estimate of drug-likeness (QED) is 0.210. The van der Waals surface area contributed by atoms with Crippen LogP contribution in [0.25, 0.3) is 59.4 Å². The van der Waals surface area contributed by atoms with Crippen molar-refractivity contribution in [2.24, 2.45) is 0 Å². The van der Waals surface area contributed by atoms with E-state index in [1.165, 1.54) is 37.3 Å². The molecular formula is C38H31N3S. The summed E-state index contributed by atoms with van der Waals surface area (Å²) < 4.78 is 4.80. The molecule has 3 nitrogen and oxygen atoms in total. The number of fused-ring (bicyclic) bond motifs is 4. The number of para-hydroxylation sites is 2. The summed E-state index contributed by atoms with van der Waals surface area (Å²) in [4.78, 5) is 5.26. The van der Waals surface area contributed by atoms with E-state index in [-0.39, 0.29) is 0 Å². The molecule has 7 rings (SSSR count). The lowest BCUT2D eigenvalue weighted by molar-refractivity contribution is 0.811. The zero-order valence-electron chi connectivity index (χ0n) is 24.2. The fourth-order valence-corrected chi connectivity index (χ4v) is 7.11. The summed E-state index contributed by atoms with van der Waals surface area (Å²) in [6, 6.07) is 38.8. The number of thiophene rings is 1. The lowest BCUT2D eigenvalue weighted by atomic mass is 9.88. The van der Waals surface area contributed by atoms with Crippen molar-refractivity contribution < 1.29 is 0 Å². The molecule has 0 aliphatic heterocycles. The van der Waals surface area contributed by atoms with Gasteiger partial charge in [-0.3, -0.25) is 4.57 Å². The third kappa shape index (κ3) is 4.29. The molecule has 0 unspecified atom stereocenters. The maximum Gasteiger partial charge on any atom is 0.145 e. The number of aromatic nitrogens is 2. The van der Waals surface area contributed by atoms with Crippen LogP contribution in [-0.4, -0.2) is 9.55 Å². The maximum atomic E-state index is 9.56. The molecular weight excluding hydrogens is 531 g/mol. The van der Waals surface area contributed by atoms with E-state index in [1.807, 2.05) is 12.1 Å². The van der Waals surface area contributed by atoms with Crippen LogP contribution in [0.5, 0.6) is 0 Å². The summed E-state index contributed by atoms with van der Waals surface area (Å²) in [7, 11) is 0. The molecule has 0 aliphatic carbocycles. The van der Waals surface area contributed by atoms with E-state index in [2.05, 4.69) is 129 Å². The molecule has 0 saturated heterocycles. The number of benzene rings is 5. The lowest BCUT2D eigenvalue weighted by Gasteiger charge is -2.24. The fourth-order valence-electron chi connectivity index (χ4n) is 6.05. The minimum atomic E-state index is 0.308. The van der Waals surface area contributed by atoms with E-state index < -0.39 is 0 Å². The maximum absolute atomic E-state index is 9.56. The number of hydrogen-bond acceptors (Lipinski definition) is 3. The Balaban J connectivity index is 1.54. The third-order valence-electron chi connectivity index (χ3n) is 8.16. The summed E-state index contributed by atoms with van der Waals surface area (Å²) in [6.45, 7) is 9.14. The second-order valence-electron chi connectivity index (χ2n) is 11.6. The normalized spacial score (nSPS) is 11.7. The highest BCUT2D eigenvalue weighted by Gasteiger charge is 2.24. The van der Waals surface area contributed by atoms with Crippen molar-refractivity contribution in [1.29, 1.82) is 5.26 Å². The van der Waals surface area contributed by atoms with Crippen LogP contribution < -0.4 is 0 Å². The van der Waals surface area contributed by atoms with Crippen molar-refractivity contribution in [2.45, 2.75) is 39.5 Å². The van der Waals surface area contributed by atoms with Gasteiger partial charge >= 0.3 is 0 Å². The first kappa shape index (κ1) is 26.2. The number of nitrogens with zero attached hydrogens (tertiary/aromatic N) is 3. The molecule has 4 heteroatoms. The molecule has 0 aliphatic rings. The lowest BCUT2D eigenvalue weighted by Crippen LogP contribution is -2.09. The van der Waals surface area contributed by atoms with Gasteiger partial charge in [0.2, 0.25) is 0 Å². The van der Waals surface area contributed by atoms with Crippen molar-refractivity contribution >= 4 is 42.5 Å². The van der Waals surface area contributed by atoms with Crippen LogP contribution in [-0.2, 0) is 0 Å².